The van der Waals surface area contributed by atoms with Crippen LogP contribution in [0.3, 0.4) is 0 Å². The second-order valence-corrected chi connectivity index (χ2v) is 6.75. The number of rotatable bonds is 8. The molecule has 2 N–H and O–H groups in total. The number of anilines is 2. The minimum atomic E-state index is -0.0434. The molecule has 9 nitrogen and oxygen atoms in total. The largest absolute Gasteiger partial charge is 0.383 e. The molecule has 1 aliphatic rings. The number of hydrogen-bond donors (Lipinski definition) is 2. The molecule has 0 saturated heterocycles. The van der Waals surface area contributed by atoms with Crippen LogP contribution in [0.1, 0.15) is 21.9 Å². The molecule has 0 aliphatic carbocycles. The third-order valence-electron chi connectivity index (χ3n) is 4.82. The zero-order valence-corrected chi connectivity index (χ0v) is 16.3. The van der Waals surface area contributed by atoms with Crippen LogP contribution in [0.15, 0.2) is 47.2 Å². The molecule has 1 aliphatic heterocycles. The van der Waals surface area contributed by atoms with Gasteiger partial charge in [0.1, 0.15) is 12.1 Å². The van der Waals surface area contributed by atoms with E-state index in [1.807, 2.05) is 34.9 Å². The number of hydrogen-bond acceptors (Lipinski definition) is 7. The highest BCUT2D eigenvalue weighted by Gasteiger charge is 2.29. The Morgan fingerprint density at radius 1 is 1.28 bits per heavy atom. The molecule has 0 unspecified atom stereocenters. The van der Waals surface area contributed by atoms with Gasteiger partial charge >= 0.3 is 0 Å². The van der Waals surface area contributed by atoms with Gasteiger partial charge in [-0.2, -0.15) is 0 Å². The number of nitrogens with one attached hydrogen (secondary N) is 2. The number of carbonyl (C=O) groups excluding carboxylic acids is 1. The second kappa shape index (κ2) is 8.78. The summed E-state index contributed by atoms with van der Waals surface area (Å²) in [7, 11) is 1.64. The first-order valence-corrected chi connectivity index (χ1v) is 9.56. The number of ether oxygens (including phenoxy) is 1. The van der Waals surface area contributed by atoms with E-state index in [-0.39, 0.29) is 5.91 Å². The minimum absolute atomic E-state index is 0.0434. The lowest BCUT2D eigenvalue weighted by Crippen LogP contribution is -2.36. The maximum atomic E-state index is 13.3. The van der Waals surface area contributed by atoms with Gasteiger partial charge in [-0.1, -0.05) is 35.5 Å². The maximum absolute atomic E-state index is 13.3. The Bertz CT molecular complexity index is 939. The predicted molar refractivity (Wildman–Crippen MR) is 108 cm³/mol. The monoisotopic (exact) mass is 396 g/mol. The molecule has 152 valence electrons. The molecule has 0 spiro atoms. The Kier molecular flexibility index (Phi) is 5.76. The van der Waals surface area contributed by atoms with Crippen molar-refractivity contribution in [3.8, 4) is 0 Å². The smallest absolute Gasteiger partial charge is 0.274 e. The van der Waals surface area contributed by atoms with E-state index in [0.717, 1.165) is 11.4 Å². The summed E-state index contributed by atoms with van der Waals surface area (Å²) < 4.78 is 12.0. The van der Waals surface area contributed by atoms with Gasteiger partial charge < -0.3 is 29.4 Å². The Morgan fingerprint density at radius 2 is 2.14 bits per heavy atom. The van der Waals surface area contributed by atoms with Crippen molar-refractivity contribution in [1.82, 2.24) is 19.6 Å². The Balaban J connectivity index is 1.68. The first-order valence-electron chi connectivity index (χ1n) is 9.56. The molecule has 29 heavy (non-hydrogen) atoms. The highest BCUT2D eigenvalue weighted by atomic mass is 16.5. The summed E-state index contributed by atoms with van der Waals surface area (Å²) in [5.41, 5.74) is 1.66. The second-order valence-electron chi connectivity index (χ2n) is 6.75. The summed E-state index contributed by atoms with van der Waals surface area (Å²) >= 11 is 0. The van der Waals surface area contributed by atoms with Gasteiger partial charge in [0.05, 0.1) is 13.2 Å². The third-order valence-corrected chi connectivity index (χ3v) is 4.82. The van der Waals surface area contributed by atoms with Crippen LogP contribution in [0.25, 0.3) is 0 Å². The summed E-state index contributed by atoms with van der Waals surface area (Å²) in [5, 5.41) is 10.4. The van der Waals surface area contributed by atoms with E-state index >= 15 is 0 Å². The van der Waals surface area contributed by atoms with Crippen molar-refractivity contribution >= 4 is 17.5 Å². The first-order chi connectivity index (χ1) is 14.3. The zero-order valence-electron chi connectivity index (χ0n) is 16.3. The molecule has 0 atom stereocenters. The molecule has 2 aromatic heterocycles. The molecule has 3 heterocycles. The Hall–Kier alpha value is -3.33. The number of amides is 1. The van der Waals surface area contributed by atoms with Crippen LogP contribution >= 0.6 is 0 Å². The highest BCUT2D eigenvalue weighted by Crippen LogP contribution is 2.24. The van der Waals surface area contributed by atoms with Crippen LogP contribution in [-0.2, 0) is 17.8 Å². The van der Waals surface area contributed by atoms with Gasteiger partial charge in [-0.05, 0) is 5.56 Å². The van der Waals surface area contributed by atoms with Crippen molar-refractivity contribution in [2.75, 3.05) is 44.0 Å². The van der Waals surface area contributed by atoms with Crippen LogP contribution in [0.2, 0.25) is 0 Å². The number of imidazole rings is 1. The van der Waals surface area contributed by atoms with Crippen LogP contribution in [-0.4, -0.2) is 58.9 Å². The number of methoxy groups -OCH3 is 1. The number of aromatic nitrogens is 3. The molecule has 0 fully saturated rings. The zero-order chi connectivity index (χ0) is 20.1. The number of nitrogens with zero attached hydrogens (tertiary/aromatic N) is 4. The highest BCUT2D eigenvalue weighted by molar-refractivity contribution is 5.98. The molecule has 0 bridgehead atoms. The maximum Gasteiger partial charge on any atom is 0.274 e. The van der Waals surface area contributed by atoms with E-state index in [1.54, 1.807) is 18.1 Å². The SMILES string of the molecule is COCCN1CCNc2nc(CNc3ccon3)n(Cc3ccccc3)c2C1=O. The molecule has 9 heteroatoms. The third kappa shape index (κ3) is 4.24. The minimum Gasteiger partial charge on any atom is -0.383 e. The van der Waals surface area contributed by atoms with Crippen LogP contribution < -0.4 is 10.6 Å². The quantitative estimate of drug-likeness (QED) is 0.601. The normalized spacial score (nSPS) is 13.7. The average Bonchev–Trinajstić information content (AvgIpc) is 3.34. The average molecular weight is 396 g/mol. The fourth-order valence-corrected chi connectivity index (χ4v) is 3.36. The lowest BCUT2D eigenvalue weighted by Gasteiger charge is -2.21. The first kappa shape index (κ1) is 19.0. The van der Waals surface area contributed by atoms with E-state index in [0.29, 0.717) is 56.7 Å². The topological polar surface area (TPSA) is 97.4 Å². The van der Waals surface area contributed by atoms with Gasteiger partial charge in [-0.25, -0.2) is 4.98 Å². The van der Waals surface area contributed by atoms with Crippen LogP contribution in [0.5, 0.6) is 0 Å². The van der Waals surface area contributed by atoms with Crippen molar-refractivity contribution in [3.63, 3.8) is 0 Å². The summed E-state index contributed by atoms with van der Waals surface area (Å²) in [4.78, 5) is 19.9. The fourth-order valence-electron chi connectivity index (χ4n) is 3.36. The van der Waals surface area contributed by atoms with Crippen LogP contribution in [0, 0.1) is 0 Å². The molecule has 3 aromatic rings. The molecular formula is C20H24N6O3. The molecule has 0 radical (unpaired) electrons. The Labute approximate surface area is 168 Å². The number of carbonyl (C=O) groups is 1. The molecule has 1 aromatic carbocycles. The van der Waals surface area contributed by atoms with Crippen molar-refractivity contribution in [2.45, 2.75) is 13.1 Å². The number of fused-ring (bicyclic) bond motifs is 1. The van der Waals surface area contributed by atoms with Gasteiger partial charge in [0.25, 0.3) is 5.91 Å². The van der Waals surface area contributed by atoms with Crippen molar-refractivity contribution < 1.29 is 14.1 Å². The van der Waals surface area contributed by atoms with E-state index < -0.39 is 0 Å². The molecular weight excluding hydrogens is 372 g/mol. The lowest BCUT2D eigenvalue weighted by molar-refractivity contribution is 0.0699. The molecule has 1 amide bonds. The van der Waals surface area contributed by atoms with Gasteiger partial charge in [0.15, 0.2) is 17.3 Å². The van der Waals surface area contributed by atoms with Crippen molar-refractivity contribution in [2.24, 2.45) is 0 Å². The summed E-state index contributed by atoms with van der Waals surface area (Å²) in [5.74, 6) is 1.94. The van der Waals surface area contributed by atoms with Crippen LogP contribution in [0.4, 0.5) is 11.6 Å². The van der Waals surface area contributed by atoms with Gasteiger partial charge in [-0.3, -0.25) is 4.79 Å². The van der Waals surface area contributed by atoms with Gasteiger partial charge in [-0.15, -0.1) is 0 Å². The van der Waals surface area contributed by atoms with Gasteiger partial charge in [0.2, 0.25) is 0 Å². The molecule has 4 rings (SSSR count). The van der Waals surface area contributed by atoms with E-state index in [9.17, 15) is 4.79 Å². The standard InChI is InChI=1S/C20H24N6O3/c1-28-12-10-25-9-8-21-19-18(20(25)27)26(14-15-5-3-2-4-6-15)17(23-19)13-22-16-7-11-29-24-16/h2-7,11,21H,8-10,12-14H2,1H3,(H,22,24). The van der Waals surface area contributed by atoms with Crippen molar-refractivity contribution in [3.05, 3.63) is 59.7 Å². The lowest BCUT2D eigenvalue weighted by atomic mass is 10.2. The predicted octanol–water partition coefficient (Wildman–Crippen LogP) is 2.05. The summed E-state index contributed by atoms with van der Waals surface area (Å²) in [6.45, 7) is 3.25. The summed E-state index contributed by atoms with van der Waals surface area (Å²) in [6.07, 6.45) is 1.51. The Morgan fingerprint density at radius 3 is 2.90 bits per heavy atom. The fraction of sp³-hybridized carbons (Fsp3) is 0.350. The summed E-state index contributed by atoms with van der Waals surface area (Å²) in [6, 6.07) is 11.8. The van der Waals surface area contributed by atoms with E-state index in [1.165, 1.54) is 6.26 Å². The van der Waals surface area contributed by atoms with E-state index in [4.69, 9.17) is 14.2 Å². The van der Waals surface area contributed by atoms with E-state index in [2.05, 4.69) is 15.8 Å². The number of benzene rings is 1. The van der Waals surface area contributed by atoms with Crippen molar-refractivity contribution in [1.29, 1.82) is 0 Å². The van der Waals surface area contributed by atoms with Gasteiger partial charge in [0, 0.05) is 39.4 Å². The molecule has 0 saturated carbocycles.